The largest absolute Gasteiger partial charge is 0.492 e. The van der Waals surface area contributed by atoms with Gasteiger partial charge < -0.3 is 15.2 Å². The highest BCUT2D eigenvalue weighted by molar-refractivity contribution is 6.31. The normalized spacial score (nSPS) is 17.2. The Morgan fingerprint density at radius 2 is 2.31 bits per heavy atom. The Hall–Kier alpha value is -0.770. The van der Waals surface area contributed by atoms with Crippen molar-refractivity contribution in [2.45, 2.75) is 26.5 Å². The first-order valence-corrected chi connectivity index (χ1v) is 5.82. The quantitative estimate of drug-likeness (QED) is 0.792. The number of hydrogen-bond acceptors (Lipinski definition) is 3. The second-order valence-electron chi connectivity index (χ2n) is 4.08. The highest BCUT2D eigenvalue weighted by Crippen LogP contribution is 2.36. The van der Waals surface area contributed by atoms with Crippen LogP contribution in [0.2, 0.25) is 5.02 Å². The third-order valence-corrected chi connectivity index (χ3v) is 3.30. The van der Waals surface area contributed by atoms with Gasteiger partial charge in [0.05, 0.1) is 6.10 Å². The average Bonchev–Trinajstić information content (AvgIpc) is 2.48. The fourth-order valence-corrected chi connectivity index (χ4v) is 2.16. The predicted octanol–water partition coefficient (Wildman–Crippen LogP) is 2.18. The summed E-state index contributed by atoms with van der Waals surface area (Å²) in [6.45, 7) is 5.87. The van der Waals surface area contributed by atoms with E-state index in [2.05, 4.69) is 5.32 Å². The molecule has 0 aliphatic carbocycles. The summed E-state index contributed by atoms with van der Waals surface area (Å²) in [5.41, 5.74) is 2.85. The molecule has 1 aliphatic rings. The van der Waals surface area contributed by atoms with E-state index in [1.807, 2.05) is 6.92 Å². The van der Waals surface area contributed by atoms with E-state index in [-0.39, 0.29) is 0 Å². The van der Waals surface area contributed by atoms with Crippen molar-refractivity contribution in [1.82, 2.24) is 5.32 Å². The molecule has 4 heteroatoms. The van der Waals surface area contributed by atoms with E-state index in [1.54, 1.807) is 13.0 Å². The number of ether oxygens (including phenoxy) is 1. The molecule has 1 unspecified atom stereocenters. The van der Waals surface area contributed by atoms with Crippen molar-refractivity contribution in [1.29, 1.82) is 0 Å². The lowest BCUT2D eigenvalue weighted by atomic mass is 10.00. The van der Waals surface area contributed by atoms with Crippen LogP contribution in [0, 0.1) is 6.92 Å². The first-order chi connectivity index (χ1) is 7.61. The summed E-state index contributed by atoms with van der Waals surface area (Å²) in [7, 11) is 0. The number of nitrogens with one attached hydrogen (secondary N) is 1. The van der Waals surface area contributed by atoms with Crippen LogP contribution < -0.4 is 10.1 Å². The van der Waals surface area contributed by atoms with Crippen molar-refractivity contribution >= 4 is 11.6 Å². The molecule has 3 nitrogen and oxygen atoms in total. The summed E-state index contributed by atoms with van der Waals surface area (Å²) in [5.74, 6) is 0.793. The summed E-state index contributed by atoms with van der Waals surface area (Å²) >= 11 is 6.15. The fraction of sp³-hybridized carbons (Fsp3) is 0.500. The van der Waals surface area contributed by atoms with Gasteiger partial charge in [0.2, 0.25) is 0 Å². The van der Waals surface area contributed by atoms with Gasteiger partial charge in [-0.25, -0.2) is 0 Å². The Kier molecular flexibility index (Phi) is 3.38. The van der Waals surface area contributed by atoms with E-state index >= 15 is 0 Å². The van der Waals surface area contributed by atoms with E-state index in [4.69, 9.17) is 16.3 Å². The molecular formula is C12H16ClNO2. The number of rotatable bonds is 1. The maximum atomic E-state index is 9.73. The van der Waals surface area contributed by atoms with Crippen LogP contribution in [-0.2, 0) is 6.54 Å². The lowest BCUT2D eigenvalue weighted by Gasteiger charge is -2.17. The van der Waals surface area contributed by atoms with Crippen molar-refractivity contribution in [2.24, 2.45) is 0 Å². The molecule has 1 heterocycles. The minimum Gasteiger partial charge on any atom is -0.492 e. The average molecular weight is 242 g/mol. The maximum absolute atomic E-state index is 9.73. The molecule has 0 fully saturated rings. The number of fused-ring (bicyclic) bond motifs is 1. The summed E-state index contributed by atoms with van der Waals surface area (Å²) in [4.78, 5) is 0. The summed E-state index contributed by atoms with van der Waals surface area (Å²) in [5, 5.41) is 13.7. The van der Waals surface area contributed by atoms with Crippen LogP contribution in [0.4, 0.5) is 0 Å². The molecule has 0 saturated carbocycles. The predicted molar refractivity (Wildman–Crippen MR) is 64.0 cm³/mol. The van der Waals surface area contributed by atoms with Gasteiger partial charge in [0.25, 0.3) is 0 Å². The fourth-order valence-electron chi connectivity index (χ4n) is 1.93. The van der Waals surface area contributed by atoms with Gasteiger partial charge in [-0.05, 0) is 25.5 Å². The van der Waals surface area contributed by atoms with Crippen LogP contribution in [-0.4, -0.2) is 18.3 Å². The Labute approximate surface area is 100 Å². The van der Waals surface area contributed by atoms with E-state index in [0.717, 1.165) is 35.5 Å². The molecule has 1 aliphatic heterocycles. The van der Waals surface area contributed by atoms with Crippen LogP contribution in [0.15, 0.2) is 6.07 Å². The van der Waals surface area contributed by atoms with Crippen LogP contribution in [0.5, 0.6) is 5.75 Å². The lowest BCUT2D eigenvalue weighted by molar-refractivity contribution is 0.191. The molecule has 0 amide bonds. The molecular weight excluding hydrogens is 226 g/mol. The molecule has 0 spiro atoms. The van der Waals surface area contributed by atoms with Crippen LogP contribution >= 0.6 is 11.6 Å². The SMILES string of the molecule is Cc1c(Cl)cc(C(C)O)c2c1CNCCO2. The highest BCUT2D eigenvalue weighted by atomic mass is 35.5. The standard InChI is InChI=1S/C12H16ClNO2/c1-7-10-6-14-3-4-16-12(10)9(8(2)15)5-11(7)13/h5,8,14-15H,3-4,6H2,1-2H3. The Balaban J connectivity index is 2.60. The Morgan fingerprint density at radius 1 is 1.56 bits per heavy atom. The van der Waals surface area contributed by atoms with Gasteiger partial charge in [-0.15, -0.1) is 0 Å². The zero-order valence-corrected chi connectivity index (χ0v) is 10.3. The van der Waals surface area contributed by atoms with Crippen molar-refractivity contribution < 1.29 is 9.84 Å². The number of halogens is 1. The number of aliphatic hydroxyl groups is 1. The molecule has 2 N–H and O–H groups in total. The molecule has 2 rings (SSSR count). The van der Waals surface area contributed by atoms with Crippen LogP contribution in [0.1, 0.15) is 29.7 Å². The molecule has 0 radical (unpaired) electrons. The van der Waals surface area contributed by atoms with Crippen molar-refractivity contribution in [3.63, 3.8) is 0 Å². The number of hydrogen-bond donors (Lipinski definition) is 2. The van der Waals surface area contributed by atoms with Gasteiger partial charge in [-0.2, -0.15) is 0 Å². The van der Waals surface area contributed by atoms with E-state index < -0.39 is 6.10 Å². The lowest BCUT2D eigenvalue weighted by Crippen LogP contribution is -2.16. The smallest absolute Gasteiger partial charge is 0.130 e. The minimum absolute atomic E-state index is 0.565. The maximum Gasteiger partial charge on any atom is 0.130 e. The monoisotopic (exact) mass is 241 g/mol. The van der Waals surface area contributed by atoms with Gasteiger partial charge in [-0.1, -0.05) is 11.6 Å². The third-order valence-electron chi connectivity index (χ3n) is 2.91. The van der Waals surface area contributed by atoms with Gasteiger partial charge in [0.1, 0.15) is 12.4 Å². The molecule has 1 aromatic carbocycles. The van der Waals surface area contributed by atoms with E-state index in [1.165, 1.54) is 0 Å². The number of benzene rings is 1. The number of aliphatic hydroxyl groups excluding tert-OH is 1. The van der Waals surface area contributed by atoms with Crippen molar-refractivity contribution in [3.8, 4) is 5.75 Å². The zero-order valence-electron chi connectivity index (χ0n) is 9.51. The molecule has 0 aromatic heterocycles. The second kappa shape index (κ2) is 4.62. The molecule has 1 atom stereocenters. The van der Waals surface area contributed by atoms with Crippen molar-refractivity contribution in [3.05, 3.63) is 27.8 Å². The summed E-state index contributed by atoms with van der Waals surface area (Å²) in [6, 6.07) is 1.80. The first kappa shape index (κ1) is 11.7. The van der Waals surface area contributed by atoms with E-state index in [9.17, 15) is 5.11 Å². The first-order valence-electron chi connectivity index (χ1n) is 5.44. The van der Waals surface area contributed by atoms with Crippen molar-refractivity contribution in [2.75, 3.05) is 13.2 Å². The third kappa shape index (κ3) is 2.03. The van der Waals surface area contributed by atoms with Gasteiger partial charge in [-0.3, -0.25) is 0 Å². The van der Waals surface area contributed by atoms with Gasteiger partial charge in [0, 0.05) is 29.2 Å². The molecule has 1 aromatic rings. The highest BCUT2D eigenvalue weighted by Gasteiger charge is 2.20. The second-order valence-corrected chi connectivity index (χ2v) is 4.49. The van der Waals surface area contributed by atoms with E-state index in [0.29, 0.717) is 11.6 Å². The zero-order chi connectivity index (χ0) is 11.7. The minimum atomic E-state index is -0.565. The van der Waals surface area contributed by atoms with Crippen LogP contribution in [0.25, 0.3) is 0 Å². The molecule has 16 heavy (non-hydrogen) atoms. The Morgan fingerprint density at radius 3 is 3.00 bits per heavy atom. The van der Waals surface area contributed by atoms with Gasteiger partial charge in [0.15, 0.2) is 0 Å². The topological polar surface area (TPSA) is 41.5 Å². The summed E-state index contributed by atoms with van der Waals surface area (Å²) in [6.07, 6.45) is -0.565. The molecule has 88 valence electrons. The van der Waals surface area contributed by atoms with Crippen LogP contribution in [0.3, 0.4) is 0 Å². The molecule has 0 saturated heterocycles. The Bertz CT molecular complexity index is 404. The molecule has 0 bridgehead atoms. The van der Waals surface area contributed by atoms with Gasteiger partial charge >= 0.3 is 0 Å². The summed E-state index contributed by atoms with van der Waals surface area (Å²) < 4.78 is 5.70.